The zero-order valence-electron chi connectivity index (χ0n) is 16.4. The van der Waals surface area contributed by atoms with Crippen molar-refractivity contribution in [2.24, 2.45) is 0 Å². The zero-order valence-corrected chi connectivity index (χ0v) is 18.1. The van der Waals surface area contributed by atoms with Crippen molar-refractivity contribution in [1.82, 2.24) is 35.7 Å². The fourth-order valence-electron chi connectivity index (χ4n) is 2.68. The van der Waals surface area contributed by atoms with Gasteiger partial charge in [-0.1, -0.05) is 65.1 Å². The van der Waals surface area contributed by atoms with Gasteiger partial charge in [-0.05, 0) is 47.5 Å². The van der Waals surface area contributed by atoms with E-state index < -0.39 is 0 Å². The van der Waals surface area contributed by atoms with E-state index in [2.05, 4.69) is 31.0 Å². The van der Waals surface area contributed by atoms with Crippen molar-refractivity contribution in [1.29, 1.82) is 0 Å². The van der Waals surface area contributed by atoms with E-state index in [4.69, 9.17) is 0 Å². The number of hydrogen-bond donors (Lipinski definition) is 1. The van der Waals surface area contributed by atoms with Crippen LogP contribution in [0.5, 0.6) is 0 Å². The molecule has 0 spiro atoms. The summed E-state index contributed by atoms with van der Waals surface area (Å²) in [4.78, 5) is 12.4. The summed E-state index contributed by atoms with van der Waals surface area (Å²) < 4.78 is 1.69. The Labute approximate surface area is 181 Å². The first-order valence-electron chi connectivity index (χ1n) is 9.23. The molecule has 10 heteroatoms. The topological polar surface area (TPSA) is 98.5 Å². The third kappa shape index (κ3) is 4.89. The van der Waals surface area contributed by atoms with Crippen LogP contribution in [0.25, 0.3) is 5.69 Å². The van der Waals surface area contributed by atoms with E-state index in [1.54, 1.807) is 4.68 Å². The van der Waals surface area contributed by atoms with Gasteiger partial charge in [-0.2, -0.15) is 4.68 Å². The van der Waals surface area contributed by atoms with E-state index in [9.17, 15) is 4.79 Å². The Morgan fingerprint density at radius 3 is 2.70 bits per heavy atom. The normalized spacial score (nSPS) is 10.9. The third-order valence-corrected chi connectivity index (χ3v) is 6.28. The lowest BCUT2D eigenvalue weighted by Gasteiger charge is -2.04. The number of nitrogens with zero attached hydrogens (tertiary/aromatic N) is 6. The third-order valence-electron chi connectivity index (χ3n) is 4.25. The van der Waals surface area contributed by atoms with Crippen molar-refractivity contribution in [3.05, 3.63) is 75.2 Å². The molecule has 0 aliphatic heterocycles. The van der Waals surface area contributed by atoms with Crippen LogP contribution in [-0.2, 0) is 12.3 Å². The molecule has 2 aromatic heterocycles. The number of nitrogens with one attached hydrogen (secondary N) is 1. The van der Waals surface area contributed by atoms with E-state index >= 15 is 0 Å². The minimum absolute atomic E-state index is 0.228. The van der Waals surface area contributed by atoms with Crippen molar-refractivity contribution in [2.75, 3.05) is 0 Å². The van der Waals surface area contributed by atoms with E-state index in [0.717, 1.165) is 21.8 Å². The Bertz CT molecular complexity index is 1150. The standard InChI is InChI=1S/C20H19N7OS2/c1-13-6-8-15(9-7-13)11-21-18(28)19-23-22-17(30-19)12-29-20-24-25-26-27(20)16-5-3-4-14(2)10-16/h3-10H,11-12H2,1-2H3,(H,21,28). The number of rotatable bonds is 7. The highest BCUT2D eigenvalue weighted by atomic mass is 32.2. The lowest BCUT2D eigenvalue weighted by atomic mass is 10.1. The summed E-state index contributed by atoms with van der Waals surface area (Å²) in [6.45, 7) is 4.50. The van der Waals surface area contributed by atoms with Crippen molar-refractivity contribution >= 4 is 29.0 Å². The molecule has 152 valence electrons. The molecule has 0 saturated heterocycles. The van der Waals surface area contributed by atoms with Crippen LogP contribution in [-0.4, -0.2) is 36.3 Å². The molecule has 0 aliphatic rings. The molecule has 0 aliphatic carbocycles. The number of aryl methyl sites for hydroxylation is 2. The fraction of sp³-hybridized carbons (Fsp3) is 0.200. The van der Waals surface area contributed by atoms with Crippen molar-refractivity contribution in [3.8, 4) is 5.69 Å². The number of carbonyl (C=O) groups excluding carboxylic acids is 1. The van der Waals surface area contributed by atoms with Gasteiger partial charge in [0.05, 0.1) is 11.4 Å². The Balaban J connectivity index is 1.36. The molecule has 1 N–H and O–H groups in total. The molecule has 0 unspecified atom stereocenters. The highest BCUT2D eigenvalue weighted by Gasteiger charge is 2.15. The highest BCUT2D eigenvalue weighted by Crippen LogP contribution is 2.24. The fourth-order valence-corrected chi connectivity index (χ4v) is 4.32. The molecule has 8 nitrogen and oxygen atoms in total. The largest absolute Gasteiger partial charge is 0.346 e. The minimum atomic E-state index is -0.228. The van der Waals surface area contributed by atoms with E-state index in [-0.39, 0.29) is 5.91 Å². The van der Waals surface area contributed by atoms with Gasteiger partial charge in [0.25, 0.3) is 5.91 Å². The summed E-state index contributed by atoms with van der Waals surface area (Å²) in [5.74, 6) is 0.295. The molecule has 0 atom stereocenters. The van der Waals surface area contributed by atoms with Crippen molar-refractivity contribution < 1.29 is 4.79 Å². The Morgan fingerprint density at radius 2 is 1.90 bits per heavy atom. The first-order chi connectivity index (χ1) is 14.6. The van der Waals surface area contributed by atoms with E-state index in [1.165, 1.54) is 28.7 Å². The molecule has 0 fully saturated rings. The molecule has 0 saturated carbocycles. The molecule has 4 rings (SSSR count). The maximum absolute atomic E-state index is 12.4. The second-order valence-electron chi connectivity index (χ2n) is 6.67. The van der Waals surface area contributed by atoms with Crippen LogP contribution in [0.4, 0.5) is 0 Å². The molecular weight excluding hydrogens is 418 g/mol. The summed E-state index contributed by atoms with van der Waals surface area (Å²) >= 11 is 2.72. The monoisotopic (exact) mass is 437 g/mol. The maximum atomic E-state index is 12.4. The van der Waals surface area contributed by atoms with Gasteiger partial charge in [-0.15, -0.1) is 15.3 Å². The molecule has 30 heavy (non-hydrogen) atoms. The summed E-state index contributed by atoms with van der Waals surface area (Å²) in [5.41, 5.74) is 4.25. The number of carbonyl (C=O) groups is 1. The second-order valence-corrected chi connectivity index (χ2v) is 8.67. The van der Waals surface area contributed by atoms with Crippen LogP contribution in [0.2, 0.25) is 0 Å². The summed E-state index contributed by atoms with van der Waals surface area (Å²) in [7, 11) is 0. The van der Waals surface area contributed by atoms with Gasteiger partial charge in [-0.3, -0.25) is 4.79 Å². The van der Waals surface area contributed by atoms with Crippen molar-refractivity contribution in [2.45, 2.75) is 31.3 Å². The molecule has 2 aromatic carbocycles. The number of hydrogen-bond acceptors (Lipinski definition) is 8. The van der Waals surface area contributed by atoms with E-state index in [1.807, 2.05) is 62.4 Å². The summed E-state index contributed by atoms with van der Waals surface area (Å²) in [6, 6.07) is 16.0. The molecule has 0 radical (unpaired) electrons. The maximum Gasteiger partial charge on any atom is 0.282 e. The van der Waals surface area contributed by atoms with Gasteiger partial charge in [-0.25, -0.2) is 0 Å². The lowest BCUT2D eigenvalue weighted by molar-refractivity contribution is 0.0950. The highest BCUT2D eigenvalue weighted by molar-refractivity contribution is 7.98. The predicted molar refractivity (Wildman–Crippen MR) is 116 cm³/mol. The van der Waals surface area contributed by atoms with Crippen LogP contribution in [0, 0.1) is 13.8 Å². The van der Waals surface area contributed by atoms with Gasteiger partial charge in [0, 0.05) is 6.54 Å². The van der Waals surface area contributed by atoms with Gasteiger partial charge >= 0.3 is 0 Å². The van der Waals surface area contributed by atoms with Crippen LogP contribution in [0.1, 0.15) is 31.5 Å². The minimum Gasteiger partial charge on any atom is -0.346 e. The molecule has 0 bridgehead atoms. The Hall–Kier alpha value is -3.11. The predicted octanol–water partition coefficient (Wildman–Crippen LogP) is 3.35. The Kier molecular flexibility index (Phi) is 6.15. The number of tetrazole rings is 1. The van der Waals surface area contributed by atoms with Crippen molar-refractivity contribution in [3.63, 3.8) is 0 Å². The van der Waals surface area contributed by atoms with Crippen LogP contribution in [0.15, 0.2) is 53.7 Å². The summed E-state index contributed by atoms with van der Waals surface area (Å²) in [6.07, 6.45) is 0. The van der Waals surface area contributed by atoms with Crippen LogP contribution >= 0.6 is 23.1 Å². The van der Waals surface area contributed by atoms with Gasteiger partial charge in [0.1, 0.15) is 5.01 Å². The first kappa shape index (κ1) is 20.2. The molecule has 2 heterocycles. The van der Waals surface area contributed by atoms with Crippen LogP contribution < -0.4 is 5.32 Å². The van der Waals surface area contributed by atoms with Gasteiger partial charge in [0.15, 0.2) is 0 Å². The first-order valence-corrected chi connectivity index (χ1v) is 11.0. The van der Waals surface area contributed by atoms with Gasteiger partial charge < -0.3 is 5.32 Å². The lowest BCUT2D eigenvalue weighted by Crippen LogP contribution is -2.22. The molecule has 1 amide bonds. The number of amides is 1. The quantitative estimate of drug-likeness (QED) is 0.443. The second kappa shape index (κ2) is 9.14. The Morgan fingerprint density at radius 1 is 1.07 bits per heavy atom. The number of aromatic nitrogens is 6. The van der Waals surface area contributed by atoms with Crippen LogP contribution in [0.3, 0.4) is 0 Å². The molecular formula is C20H19N7OS2. The summed E-state index contributed by atoms with van der Waals surface area (Å²) in [5, 5.41) is 24.7. The average molecular weight is 438 g/mol. The SMILES string of the molecule is Cc1ccc(CNC(=O)c2nnc(CSc3nnnn3-c3cccc(C)c3)s2)cc1. The number of thioether (sulfide) groups is 1. The zero-order chi connectivity index (χ0) is 20.9. The van der Waals surface area contributed by atoms with Gasteiger partial charge in [0.2, 0.25) is 10.2 Å². The molecule has 4 aromatic rings. The van der Waals surface area contributed by atoms with E-state index in [0.29, 0.717) is 22.5 Å². The smallest absolute Gasteiger partial charge is 0.282 e. The average Bonchev–Trinajstić information content (AvgIpc) is 3.41. The number of benzene rings is 2.